The number of halogens is 3. The summed E-state index contributed by atoms with van der Waals surface area (Å²) < 4.78 is 39.7. The van der Waals surface area contributed by atoms with Gasteiger partial charge in [0.15, 0.2) is 5.69 Å². The molecule has 1 aliphatic rings. The molecular formula is C15H23F3N4O2. The lowest BCUT2D eigenvalue weighted by Gasteiger charge is -2.29. The summed E-state index contributed by atoms with van der Waals surface area (Å²) in [6.45, 7) is 5.93. The molecule has 0 aliphatic carbocycles. The zero-order chi connectivity index (χ0) is 18.3. The quantitative estimate of drug-likeness (QED) is 0.820. The molecule has 24 heavy (non-hydrogen) atoms. The second-order valence-electron chi connectivity index (χ2n) is 7.11. The van der Waals surface area contributed by atoms with Crippen LogP contribution < -0.4 is 5.32 Å². The second-order valence-corrected chi connectivity index (χ2v) is 7.11. The van der Waals surface area contributed by atoms with E-state index in [0.29, 0.717) is 25.9 Å². The highest BCUT2D eigenvalue weighted by molar-refractivity contribution is 5.89. The third kappa shape index (κ3) is 4.00. The lowest BCUT2D eigenvalue weighted by atomic mass is 9.87. The van der Waals surface area contributed by atoms with Crippen LogP contribution in [-0.4, -0.2) is 45.0 Å². The molecule has 0 aromatic carbocycles. The number of hydrogen-bond donors (Lipinski definition) is 2. The summed E-state index contributed by atoms with van der Waals surface area (Å²) in [6.07, 6.45) is -4.05. The van der Waals surface area contributed by atoms with Crippen molar-refractivity contribution in [2.75, 3.05) is 18.4 Å². The van der Waals surface area contributed by atoms with Crippen molar-refractivity contribution in [3.05, 3.63) is 11.3 Å². The highest BCUT2D eigenvalue weighted by Crippen LogP contribution is 2.34. The van der Waals surface area contributed by atoms with Crippen LogP contribution in [0.15, 0.2) is 0 Å². The van der Waals surface area contributed by atoms with Crippen molar-refractivity contribution in [3.63, 3.8) is 0 Å². The molecule has 9 heteroatoms. The fourth-order valence-electron chi connectivity index (χ4n) is 3.13. The molecule has 1 unspecified atom stereocenters. The summed E-state index contributed by atoms with van der Waals surface area (Å²) in [4.78, 5) is 14.0. The molecule has 0 spiro atoms. The van der Waals surface area contributed by atoms with Gasteiger partial charge in [0.05, 0.1) is 6.10 Å². The number of urea groups is 1. The monoisotopic (exact) mass is 348 g/mol. The van der Waals surface area contributed by atoms with Crippen molar-refractivity contribution in [3.8, 4) is 0 Å². The van der Waals surface area contributed by atoms with Gasteiger partial charge in [0, 0.05) is 25.7 Å². The predicted octanol–water partition coefficient (Wildman–Crippen LogP) is 2.76. The van der Waals surface area contributed by atoms with Gasteiger partial charge in [-0.25, -0.2) is 4.79 Å². The number of carbonyl (C=O) groups is 1. The Balaban J connectivity index is 2.19. The van der Waals surface area contributed by atoms with E-state index in [2.05, 4.69) is 10.4 Å². The topological polar surface area (TPSA) is 70.4 Å². The van der Waals surface area contributed by atoms with Crippen LogP contribution in [0.25, 0.3) is 0 Å². The number of aliphatic hydroxyl groups excluding tert-OH is 1. The van der Waals surface area contributed by atoms with E-state index in [4.69, 9.17) is 0 Å². The van der Waals surface area contributed by atoms with E-state index in [-0.39, 0.29) is 16.8 Å². The highest BCUT2D eigenvalue weighted by Gasteiger charge is 2.38. The number of alkyl halides is 3. The third-order valence-electron chi connectivity index (χ3n) is 4.20. The standard InChI is InChI=1S/C15H23F3N4O2/c1-9-11(15(16,17)18)20-21(4)12(9)19-13(24)22-6-5-10(23)7-14(2,3)8-22/h10,23H,5-8H2,1-4H3,(H,19,24). The van der Waals surface area contributed by atoms with Crippen LogP contribution in [0.1, 0.15) is 37.9 Å². The molecule has 1 aliphatic heterocycles. The molecule has 1 fully saturated rings. The molecule has 1 saturated heterocycles. The maximum atomic E-state index is 12.9. The fraction of sp³-hybridized carbons (Fsp3) is 0.733. The van der Waals surface area contributed by atoms with Crippen LogP contribution in [0, 0.1) is 12.3 Å². The summed E-state index contributed by atoms with van der Waals surface area (Å²) in [5.74, 6) is 0.0231. The van der Waals surface area contributed by atoms with Crippen LogP contribution in [0.2, 0.25) is 0 Å². The van der Waals surface area contributed by atoms with Crippen LogP contribution in [-0.2, 0) is 13.2 Å². The SMILES string of the molecule is Cc1c(C(F)(F)F)nn(C)c1NC(=O)N1CCC(O)CC(C)(C)C1. The number of aliphatic hydroxyl groups is 1. The number of rotatable bonds is 1. The van der Waals surface area contributed by atoms with Gasteiger partial charge >= 0.3 is 12.2 Å². The number of aromatic nitrogens is 2. The Morgan fingerprint density at radius 1 is 1.42 bits per heavy atom. The van der Waals surface area contributed by atoms with Crippen LogP contribution in [0.3, 0.4) is 0 Å². The number of nitrogens with zero attached hydrogens (tertiary/aromatic N) is 3. The van der Waals surface area contributed by atoms with E-state index in [9.17, 15) is 23.1 Å². The Hall–Kier alpha value is -1.77. The number of aryl methyl sites for hydroxylation is 1. The first-order valence-corrected chi connectivity index (χ1v) is 7.75. The van der Waals surface area contributed by atoms with Crippen molar-refractivity contribution >= 4 is 11.8 Å². The maximum Gasteiger partial charge on any atom is 0.435 e. The molecule has 6 nitrogen and oxygen atoms in total. The van der Waals surface area contributed by atoms with Gasteiger partial charge in [-0.05, 0) is 25.2 Å². The minimum Gasteiger partial charge on any atom is -0.393 e. The summed E-state index contributed by atoms with van der Waals surface area (Å²) in [5, 5.41) is 15.9. The lowest BCUT2D eigenvalue weighted by molar-refractivity contribution is -0.141. The zero-order valence-corrected chi connectivity index (χ0v) is 14.2. The van der Waals surface area contributed by atoms with E-state index < -0.39 is 24.0 Å². The van der Waals surface area contributed by atoms with Crippen molar-refractivity contribution < 1.29 is 23.1 Å². The molecule has 0 saturated carbocycles. The third-order valence-corrected chi connectivity index (χ3v) is 4.20. The van der Waals surface area contributed by atoms with Gasteiger partial charge < -0.3 is 10.0 Å². The minimum atomic E-state index is -4.57. The van der Waals surface area contributed by atoms with Crippen molar-refractivity contribution in [2.24, 2.45) is 12.5 Å². The van der Waals surface area contributed by atoms with E-state index >= 15 is 0 Å². The van der Waals surface area contributed by atoms with Crippen molar-refractivity contribution in [1.29, 1.82) is 0 Å². The van der Waals surface area contributed by atoms with E-state index in [1.807, 2.05) is 13.8 Å². The Bertz CT molecular complexity index is 625. The molecule has 0 bridgehead atoms. The van der Waals surface area contributed by atoms with E-state index in [1.165, 1.54) is 18.9 Å². The van der Waals surface area contributed by atoms with Crippen molar-refractivity contribution in [2.45, 2.75) is 45.9 Å². The van der Waals surface area contributed by atoms with Gasteiger partial charge in [-0.1, -0.05) is 13.8 Å². The number of anilines is 1. The van der Waals surface area contributed by atoms with E-state index in [0.717, 1.165) is 4.68 Å². The molecule has 2 N–H and O–H groups in total. The normalized spacial score (nSPS) is 21.5. The Labute approximate surface area is 138 Å². The number of nitrogens with one attached hydrogen (secondary N) is 1. The van der Waals surface area contributed by atoms with Gasteiger partial charge in [-0.2, -0.15) is 18.3 Å². The average molecular weight is 348 g/mol. The van der Waals surface area contributed by atoms with Gasteiger partial charge in [-0.3, -0.25) is 10.00 Å². The molecule has 1 atom stereocenters. The first-order valence-electron chi connectivity index (χ1n) is 7.75. The molecular weight excluding hydrogens is 325 g/mol. The zero-order valence-electron chi connectivity index (χ0n) is 14.2. The number of amides is 2. The molecule has 1 aromatic heterocycles. The van der Waals surface area contributed by atoms with Crippen LogP contribution in [0.4, 0.5) is 23.8 Å². The Morgan fingerprint density at radius 3 is 2.58 bits per heavy atom. The average Bonchev–Trinajstić information content (AvgIpc) is 2.62. The lowest BCUT2D eigenvalue weighted by Crippen LogP contribution is -2.40. The molecule has 1 aromatic rings. The maximum absolute atomic E-state index is 12.9. The molecule has 136 valence electrons. The summed E-state index contributed by atoms with van der Waals surface area (Å²) in [5.41, 5.74) is -1.40. The first-order chi connectivity index (χ1) is 10.9. The molecule has 2 heterocycles. The number of hydrogen-bond acceptors (Lipinski definition) is 3. The number of carbonyl (C=O) groups excluding carboxylic acids is 1. The highest BCUT2D eigenvalue weighted by atomic mass is 19.4. The second kappa shape index (κ2) is 6.27. The largest absolute Gasteiger partial charge is 0.435 e. The summed E-state index contributed by atoms with van der Waals surface area (Å²) >= 11 is 0. The van der Waals surface area contributed by atoms with Crippen LogP contribution >= 0.6 is 0 Å². The smallest absolute Gasteiger partial charge is 0.393 e. The molecule has 2 rings (SSSR count). The molecule has 2 amide bonds. The fourth-order valence-corrected chi connectivity index (χ4v) is 3.13. The van der Waals surface area contributed by atoms with Crippen LogP contribution in [0.5, 0.6) is 0 Å². The Morgan fingerprint density at radius 2 is 2.04 bits per heavy atom. The van der Waals surface area contributed by atoms with Gasteiger partial charge in [0.2, 0.25) is 0 Å². The Kier molecular flexibility index (Phi) is 4.85. The first kappa shape index (κ1) is 18.6. The van der Waals surface area contributed by atoms with Gasteiger partial charge in [0.25, 0.3) is 0 Å². The minimum absolute atomic E-state index is 0.0231. The van der Waals surface area contributed by atoms with E-state index in [1.54, 1.807) is 0 Å². The predicted molar refractivity (Wildman–Crippen MR) is 82.6 cm³/mol. The van der Waals surface area contributed by atoms with Gasteiger partial charge in [0.1, 0.15) is 5.82 Å². The molecule has 0 radical (unpaired) electrons. The van der Waals surface area contributed by atoms with Gasteiger partial charge in [-0.15, -0.1) is 0 Å². The number of likely N-dealkylation sites (tertiary alicyclic amines) is 1. The summed E-state index contributed by atoms with van der Waals surface area (Å²) in [6, 6.07) is -0.489. The van der Waals surface area contributed by atoms with Crippen molar-refractivity contribution in [1.82, 2.24) is 14.7 Å². The summed E-state index contributed by atoms with van der Waals surface area (Å²) in [7, 11) is 1.36.